The summed E-state index contributed by atoms with van der Waals surface area (Å²) in [6, 6.07) is 9.38. The zero-order chi connectivity index (χ0) is 22.1. The van der Waals surface area contributed by atoms with Crippen LogP contribution in [-0.2, 0) is 11.2 Å². The molecular formula is C23H18ClF2N3O2. The molecule has 0 aliphatic heterocycles. The molecule has 2 aromatic carbocycles. The number of primary amides is 1. The first-order valence-electron chi connectivity index (χ1n) is 9.62. The lowest BCUT2D eigenvalue weighted by molar-refractivity contribution is -0.123. The second-order valence-corrected chi connectivity index (χ2v) is 7.73. The zero-order valence-electron chi connectivity index (χ0n) is 16.3. The summed E-state index contributed by atoms with van der Waals surface area (Å²) in [4.78, 5) is 31.3. The van der Waals surface area contributed by atoms with Gasteiger partial charge in [-0.3, -0.25) is 14.6 Å². The molecule has 0 saturated carbocycles. The SMILES string of the molecule is NC(=O)[C@@H](c1ccccc1F)N(C(=O)c1cccnc1)[C@@H]1CCc2c(F)cc(Cl)cc21. The molecule has 31 heavy (non-hydrogen) atoms. The Bertz CT molecular complexity index is 1160. The maximum atomic E-state index is 14.7. The van der Waals surface area contributed by atoms with E-state index in [4.69, 9.17) is 17.3 Å². The van der Waals surface area contributed by atoms with Crippen LogP contribution >= 0.6 is 11.6 Å². The molecule has 158 valence electrons. The molecule has 1 aromatic heterocycles. The molecule has 2 amide bonds. The first-order chi connectivity index (χ1) is 14.9. The van der Waals surface area contributed by atoms with E-state index in [9.17, 15) is 18.4 Å². The summed E-state index contributed by atoms with van der Waals surface area (Å²) < 4.78 is 29.2. The Balaban J connectivity index is 1.90. The van der Waals surface area contributed by atoms with Gasteiger partial charge >= 0.3 is 0 Å². The quantitative estimate of drug-likeness (QED) is 0.638. The smallest absolute Gasteiger partial charge is 0.256 e. The third kappa shape index (κ3) is 3.88. The molecule has 5 nitrogen and oxygen atoms in total. The summed E-state index contributed by atoms with van der Waals surface area (Å²) in [5.74, 6) is -2.64. The molecule has 2 atom stereocenters. The van der Waals surface area contributed by atoms with Crippen LogP contribution in [0.3, 0.4) is 0 Å². The minimum absolute atomic E-state index is 0.0387. The third-order valence-corrected chi connectivity index (χ3v) is 5.67. The van der Waals surface area contributed by atoms with E-state index < -0.39 is 35.5 Å². The second-order valence-electron chi connectivity index (χ2n) is 7.29. The largest absolute Gasteiger partial charge is 0.368 e. The number of hydrogen-bond acceptors (Lipinski definition) is 3. The van der Waals surface area contributed by atoms with Crippen molar-refractivity contribution in [3.8, 4) is 0 Å². The maximum Gasteiger partial charge on any atom is 0.256 e. The summed E-state index contributed by atoms with van der Waals surface area (Å²) in [6.45, 7) is 0. The van der Waals surface area contributed by atoms with E-state index in [1.807, 2.05) is 0 Å². The normalized spacial score (nSPS) is 15.9. The molecule has 0 fully saturated rings. The summed E-state index contributed by atoms with van der Waals surface area (Å²) in [6.07, 6.45) is 3.52. The monoisotopic (exact) mass is 441 g/mol. The predicted octanol–water partition coefficient (Wildman–Crippen LogP) is 4.37. The molecule has 1 heterocycles. The van der Waals surface area contributed by atoms with Crippen molar-refractivity contribution in [2.45, 2.75) is 24.9 Å². The fraction of sp³-hybridized carbons (Fsp3) is 0.174. The number of pyridine rings is 1. The fourth-order valence-electron chi connectivity index (χ4n) is 4.12. The van der Waals surface area contributed by atoms with E-state index in [-0.39, 0.29) is 16.1 Å². The third-order valence-electron chi connectivity index (χ3n) is 5.45. The van der Waals surface area contributed by atoms with Gasteiger partial charge < -0.3 is 10.6 Å². The number of benzene rings is 2. The average molecular weight is 442 g/mol. The standard InChI is InChI=1S/C23H18ClF2N3O2/c24-14-10-17-15(19(26)11-14)7-8-20(17)29(23(31)13-4-3-9-28-12-13)21(22(27)30)16-5-1-2-6-18(16)25/h1-6,9-12,20-21H,7-8H2,(H2,27,30)/t20-,21-/m1/s1. The van der Waals surface area contributed by atoms with Gasteiger partial charge in [0.2, 0.25) is 5.91 Å². The minimum Gasteiger partial charge on any atom is -0.368 e. The Kier molecular flexibility index (Phi) is 5.69. The van der Waals surface area contributed by atoms with Crippen molar-refractivity contribution in [1.82, 2.24) is 9.88 Å². The van der Waals surface area contributed by atoms with Crippen LogP contribution in [0.2, 0.25) is 5.02 Å². The van der Waals surface area contributed by atoms with Crippen LogP contribution in [0.4, 0.5) is 8.78 Å². The molecule has 1 aliphatic carbocycles. The Morgan fingerprint density at radius 2 is 1.90 bits per heavy atom. The number of nitrogens with zero attached hydrogens (tertiary/aromatic N) is 2. The molecule has 0 radical (unpaired) electrons. The predicted molar refractivity (Wildman–Crippen MR) is 111 cm³/mol. The number of carbonyl (C=O) groups excluding carboxylic acids is 2. The lowest BCUT2D eigenvalue weighted by atomic mass is 9.97. The number of rotatable bonds is 5. The van der Waals surface area contributed by atoms with Crippen molar-refractivity contribution in [2.24, 2.45) is 5.73 Å². The summed E-state index contributed by atoms with van der Waals surface area (Å²) in [5.41, 5.74) is 6.73. The van der Waals surface area contributed by atoms with Crippen molar-refractivity contribution in [2.75, 3.05) is 0 Å². The molecule has 0 saturated heterocycles. The lowest BCUT2D eigenvalue weighted by Crippen LogP contribution is -2.44. The Morgan fingerprint density at radius 1 is 1.13 bits per heavy atom. The highest BCUT2D eigenvalue weighted by molar-refractivity contribution is 6.30. The van der Waals surface area contributed by atoms with Gasteiger partial charge in [-0.25, -0.2) is 8.78 Å². The Labute approximate surface area is 182 Å². The van der Waals surface area contributed by atoms with Gasteiger partial charge in [-0.15, -0.1) is 0 Å². The summed E-state index contributed by atoms with van der Waals surface area (Å²) in [7, 11) is 0. The molecule has 3 aromatic rings. The number of amides is 2. The first-order valence-corrected chi connectivity index (χ1v) is 10.0. The van der Waals surface area contributed by atoms with E-state index in [1.165, 1.54) is 47.6 Å². The fourth-order valence-corrected chi connectivity index (χ4v) is 4.34. The van der Waals surface area contributed by atoms with E-state index >= 15 is 0 Å². The summed E-state index contributed by atoms with van der Waals surface area (Å²) in [5, 5.41) is 0.165. The summed E-state index contributed by atoms with van der Waals surface area (Å²) >= 11 is 6.07. The van der Waals surface area contributed by atoms with Gasteiger partial charge in [0, 0.05) is 23.0 Å². The topological polar surface area (TPSA) is 76.3 Å². The van der Waals surface area contributed by atoms with Crippen molar-refractivity contribution in [1.29, 1.82) is 0 Å². The van der Waals surface area contributed by atoms with Gasteiger partial charge in [0.25, 0.3) is 5.91 Å². The molecule has 8 heteroatoms. The minimum atomic E-state index is -1.41. The number of hydrogen-bond donors (Lipinski definition) is 1. The molecule has 2 N–H and O–H groups in total. The molecule has 0 spiro atoms. The van der Waals surface area contributed by atoms with Gasteiger partial charge in [0.15, 0.2) is 0 Å². The van der Waals surface area contributed by atoms with Crippen LogP contribution in [0.25, 0.3) is 0 Å². The lowest BCUT2D eigenvalue weighted by Gasteiger charge is -2.36. The van der Waals surface area contributed by atoms with Gasteiger partial charge in [0.1, 0.15) is 17.7 Å². The van der Waals surface area contributed by atoms with Crippen molar-refractivity contribution < 1.29 is 18.4 Å². The van der Waals surface area contributed by atoms with Gasteiger partial charge in [-0.1, -0.05) is 29.8 Å². The van der Waals surface area contributed by atoms with Crippen LogP contribution in [0, 0.1) is 11.6 Å². The van der Waals surface area contributed by atoms with Crippen molar-refractivity contribution >= 4 is 23.4 Å². The highest BCUT2D eigenvalue weighted by Gasteiger charge is 2.41. The Morgan fingerprint density at radius 3 is 2.58 bits per heavy atom. The molecule has 4 rings (SSSR count). The Hall–Kier alpha value is -3.32. The van der Waals surface area contributed by atoms with Gasteiger partial charge in [-0.2, -0.15) is 0 Å². The maximum absolute atomic E-state index is 14.7. The van der Waals surface area contributed by atoms with Crippen molar-refractivity contribution in [3.63, 3.8) is 0 Å². The number of nitrogens with two attached hydrogens (primary N) is 1. The zero-order valence-corrected chi connectivity index (χ0v) is 17.0. The average Bonchev–Trinajstić information content (AvgIpc) is 3.16. The number of halogens is 3. The van der Waals surface area contributed by atoms with Crippen LogP contribution in [0.5, 0.6) is 0 Å². The van der Waals surface area contributed by atoms with E-state index in [2.05, 4.69) is 4.98 Å². The number of carbonyl (C=O) groups is 2. The highest BCUT2D eigenvalue weighted by atomic mass is 35.5. The number of aromatic nitrogens is 1. The van der Waals surface area contributed by atoms with E-state index in [0.717, 1.165) is 0 Å². The van der Waals surface area contributed by atoms with Crippen molar-refractivity contribution in [3.05, 3.63) is 99.8 Å². The van der Waals surface area contributed by atoms with Gasteiger partial charge in [0.05, 0.1) is 11.6 Å². The highest BCUT2D eigenvalue weighted by Crippen LogP contribution is 2.43. The van der Waals surface area contributed by atoms with E-state index in [1.54, 1.807) is 18.2 Å². The second kappa shape index (κ2) is 8.43. The van der Waals surface area contributed by atoms with Crippen LogP contribution in [0.1, 0.15) is 45.6 Å². The van der Waals surface area contributed by atoms with Crippen LogP contribution < -0.4 is 5.73 Å². The van der Waals surface area contributed by atoms with Gasteiger partial charge in [-0.05, 0) is 54.3 Å². The number of fused-ring (bicyclic) bond motifs is 1. The van der Waals surface area contributed by atoms with E-state index in [0.29, 0.717) is 24.0 Å². The van der Waals surface area contributed by atoms with Crippen LogP contribution in [0.15, 0.2) is 60.9 Å². The molecule has 0 bridgehead atoms. The molecule has 0 unspecified atom stereocenters. The molecule has 1 aliphatic rings. The first kappa shape index (κ1) is 20.9. The molecular weight excluding hydrogens is 424 g/mol. The van der Waals surface area contributed by atoms with Crippen LogP contribution in [-0.4, -0.2) is 21.7 Å².